The number of hydrogen-bond acceptors (Lipinski definition) is 2. The zero-order valence-corrected chi connectivity index (χ0v) is 10.2. The molecule has 3 nitrogen and oxygen atoms in total. The number of aryl methyl sites for hydroxylation is 1. The van der Waals surface area contributed by atoms with Crippen molar-refractivity contribution >= 4 is 10.9 Å². The molecule has 1 aromatic carbocycles. The summed E-state index contributed by atoms with van der Waals surface area (Å²) in [7, 11) is 3.67. The minimum Gasteiger partial charge on any atom is -0.495 e. The highest BCUT2D eigenvalue weighted by molar-refractivity contribution is 5.91. The van der Waals surface area contributed by atoms with E-state index in [1.165, 1.54) is 16.5 Å². The minimum atomic E-state index is 0.333. The van der Waals surface area contributed by atoms with Crippen LogP contribution in [0.25, 0.3) is 10.9 Å². The van der Waals surface area contributed by atoms with Crippen molar-refractivity contribution in [2.24, 2.45) is 0 Å². The largest absolute Gasteiger partial charge is 0.495 e. The normalized spacial score (nSPS) is 13.0. The van der Waals surface area contributed by atoms with Crippen LogP contribution < -0.4 is 10.1 Å². The second-order valence-corrected chi connectivity index (χ2v) is 4.09. The van der Waals surface area contributed by atoms with Gasteiger partial charge in [-0.05, 0) is 38.1 Å². The fourth-order valence-corrected chi connectivity index (χ4v) is 2.09. The molecule has 0 aliphatic rings. The van der Waals surface area contributed by atoms with Crippen LogP contribution in [-0.4, -0.2) is 19.1 Å². The Kier molecular flexibility index (Phi) is 2.88. The summed E-state index contributed by atoms with van der Waals surface area (Å²) in [5.41, 5.74) is 3.64. The highest BCUT2D eigenvalue weighted by atomic mass is 16.5. The maximum atomic E-state index is 5.36. The number of nitrogens with one attached hydrogen (secondary N) is 2. The first kappa shape index (κ1) is 11.0. The average Bonchev–Trinajstić information content (AvgIpc) is 2.74. The molecule has 16 heavy (non-hydrogen) atoms. The summed E-state index contributed by atoms with van der Waals surface area (Å²) in [6.45, 7) is 4.28. The van der Waals surface area contributed by atoms with Gasteiger partial charge in [0.2, 0.25) is 0 Å². The van der Waals surface area contributed by atoms with Gasteiger partial charge >= 0.3 is 0 Å². The van der Waals surface area contributed by atoms with E-state index < -0.39 is 0 Å². The van der Waals surface area contributed by atoms with Crippen LogP contribution in [0.4, 0.5) is 0 Å². The molecule has 0 aliphatic carbocycles. The van der Waals surface area contributed by atoms with Crippen LogP contribution in [0.15, 0.2) is 18.3 Å². The molecular formula is C13H18N2O. The minimum absolute atomic E-state index is 0.333. The fourth-order valence-electron chi connectivity index (χ4n) is 2.09. The molecule has 0 bridgehead atoms. The molecule has 0 radical (unpaired) electrons. The van der Waals surface area contributed by atoms with Gasteiger partial charge in [0.05, 0.1) is 12.6 Å². The highest BCUT2D eigenvalue weighted by Gasteiger charge is 2.14. The SMILES string of the molecule is CNC(C)c1c[nH]c2c(OC)ccc(C)c12. The molecule has 3 heteroatoms. The summed E-state index contributed by atoms with van der Waals surface area (Å²) in [5, 5.41) is 4.53. The molecule has 86 valence electrons. The van der Waals surface area contributed by atoms with Crippen molar-refractivity contribution in [3.63, 3.8) is 0 Å². The van der Waals surface area contributed by atoms with Crippen LogP contribution in [0.1, 0.15) is 24.1 Å². The first-order valence-corrected chi connectivity index (χ1v) is 5.51. The average molecular weight is 218 g/mol. The standard InChI is InChI=1S/C13H18N2O/c1-8-5-6-11(16-4)13-12(8)10(7-15-13)9(2)14-3/h5-7,9,14-15H,1-4H3. The van der Waals surface area contributed by atoms with E-state index in [1.807, 2.05) is 13.1 Å². The number of benzene rings is 1. The Hall–Kier alpha value is -1.48. The van der Waals surface area contributed by atoms with Gasteiger partial charge in [0.15, 0.2) is 0 Å². The third kappa shape index (κ3) is 1.57. The quantitative estimate of drug-likeness (QED) is 0.831. The summed E-state index contributed by atoms with van der Waals surface area (Å²) in [6, 6.07) is 4.43. The first-order chi connectivity index (χ1) is 7.69. The van der Waals surface area contributed by atoms with Crippen LogP contribution in [-0.2, 0) is 0 Å². The lowest BCUT2D eigenvalue weighted by molar-refractivity contribution is 0.419. The Morgan fingerprint density at radius 1 is 1.38 bits per heavy atom. The highest BCUT2D eigenvalue weighted by Crippen LogP contribution is 2.32. The molecule has 2 rings (SSSR count). The Morgan fingerprint density at radius 2 is 2.12 bits per heavy atom. The van der Waals surface area contributed by atoms with Crippen molar-refractivity contribution in [2.45, 2.75) is 19.9 Å². The van der Waals surface area contributed by atoms with E-state index in [0.29, 0.717) is 6.04 Å². The predicted molar refractivity (Wildman–Crippen MR) is 67.1 cm³/mol. The van der Waals surface area contributed by atoms with E-state index in [-0.39, 0.29) is 0 Å². The van der Waals surface area contributed by atoms with E-state index in [2.05, 4.69) is 36.4 Å². The van der Waals surface area contributed by atoms with E-state index in [1.54, 1.807) is 7.11 Å². The summed E-state index contributed by atoms with van der Waals surface area (Å²) in [6.07, 6.45) is 2.06. The monoisotopic (exact) mass is 218 g/mol. The second-order valence-electron chi connectivity index (χ2n) is 4.09. The van der Waals surface area contributed by atoms with Crippen molar-refractivity contribution in [3.05, 3.63) is 29.5 Å². The molecule has 1 atom stereocenters. The molecule has 1 unspecified atom stereocenters. The van der Waals surface area contributed by atoms with Crippen molar-refractivity contribution < 1.29 is 4.74 Å². The lowest BCUT2D eigenvalue weighted by Crippen LogP contribution is -2.11. The van der Waals surface area contributed by atoms with Crippen LogP contribution in [0.2, 0.25) is 0 Å². The van der Waals surface area contributed by atoms with Crippen LogP contribution in [0.3, 0.4) is 0 Å². The van der Waals surface area contributed by atoms with Crippen molar-refractivity contribution in [2.75, 3.05) is 14.2 Å². The van der Waals surface area contributed by atoms with Gasteiger partial charge in [-0.3, -0.25) is 0 Å². The number of ether oxygens (including phenoxy) is 1. The molecule has 2 aromatic rings. The zero-order valence-electron chi connectivity index (χ0n) is 10.2. The van der Waals surface area contributed by atoms with Gasteiger partial charge in [-0.25, -0.2) is 0 Å². The van der Waals surface area contributed by atoms with E-state index in [0.717, 1.165) is 11.3 Å². The number of aromatic nitrogens is 1. The summed E-state index contributed by atoms with van der Waals surface area (Å²) < 4.78 is 5.36. The molecule has 0 saturated heterocycles. The van der Waals surface area contributed by atoms with Gasteiger partial charge in [0.25, 0.3) is 0 Å². The molecule has 0 aliphatic heterocycles. The van der Waals surface area contributed by atoms with Gasteiger partial charge in [-0.2, -0.15) is 0 Å². The Balaban J connectivity index is 2.70. The van der Waals surface area contributed by atoms with Gasteiger partial charge in [-0.1, -0.05) is 6.07 Å². The van der Waals surface area contributed by atoms with Gasteiger partial charge in [0, 0.05) is 17.6 Å². The van der Waals surface area contributed by atoms with E-state index in [9.17, 15) is 0 Å². The lowest BCUT2D eigenvalue weighted by Gasteiger charge is -2.11. The topological polar surface area (TPSA) is 37.0 Å². The van der Waals surface area contributed by atoms with Gasteiger partial charge in [-0.15, -0.1) is 0 Å². The van der Waals surface area contributed by atoms with Crippen molar-refractivity contribution in [1.29, 1.82) is 0 Å². The molecular weight excluding hydrogens is 200 g/mol. The zero-order chi connectivity index (χ0) is 11.7. The van der Waals surface area contributed by atoms with Crippen molar-refractivity contribution in [1.82, 2.24) is 10.3 Å². The molecule has 1 heterocycles. The number of H-pyrrole nitrogens is 1. The van der Waals surface area contributed by atoms with Gasteiger partial charge < -0.3 is 15.0 Å². The van der Waals surface area contributed by atoms with Crippen LogP contribution >= 0.6 is 0 Å². The maximum absolute atomic E-state index is 5.36. The second kappa shape index (κ2) is 4.18. The number of rotatable bonds is 3. The summed E-state index contributed by atoms with van der Waals surface area (Å²) >= 11 is 0. The van der Waals surface area contributed by atoms with Crippen LogP contribution in [0, 0.1) is 6.92 Å². The van der Waals surface area contributed by atoms with Gasteiger partial charge in [0.1, 0.15) is 5.75 Å². The third-order valence-corrected chi connectivity index (χ3v) is 3.16. The summed E-state index contributed by atoms with van der Waals surface area (Å²) in [5.74, 6) is 0.898. The van der Waals surface area contributed by atoms with Crippen molar-refractivity contribution in [3.8, 4) is 5.75 Å². The summed E-state index contributed by atoms with van der Waals surface area (Å²) in [4.78, 5) is 3.30. The Bertz CT molecular complexity index is 502. The van der Waals surface area contributed by atoms with Crippen LogP contribution in [0.5, 0.6) is 5.75 Å². The molecule has 0 saturated carbocycles. The number of methoxy groups -OCH3 is 1. The number of aromatic amines is 1. The number of fused-ring (bicyclic) bond motifs is 1. The van der Waals surface area contributed by atoms with E-state index >= 15 is 0 Å². The Morgan fingerprint density at radius 3 is 2.75 bits per heavy atom. The fraction of sp³-hybridized carbons (Fsp3) is 0.385. The maximum Gasteiger partial charge on any atom is 0.142 e. The molecule has 0 fully saturated rings. The number of hydrogen-bond donors (Lipinski definition) is 2. The third-order valence-electron chi connectivity index (χ3n) is 3.16. The Labute approximate surface area is 95.8 Å². The molecule has 2 N–H and O–H groups in total. The molecule has 1 aromatic heterocycles. The first-order valence-electron chi connectivity index (χ1n) is 5.51. The lowest BCUT2D eigenvalue weighted by atomic mass is 10.0. The van der Waals surface area contributed by atoms with E-state index in [4.69, 9.17) is 4.74 Å². The predicted octanol–water partition coefficient (Wildman–Crippen LogP) is 2.77. The molecule has 0 spiro atoms. The smallest absolute Gasteiger partial charge is 0.142 e. The molecule has 0 amide bonds.